The highest BCUT2D eigenvalue weighted by Crippen LogP contribution is 2.27. The minimum absolute atomic E-state index is 0.0689. The van der Waals surface area contributed by atoms with Crippen LogP contribution in [-0.2, 0) is 9.53 Å². The number of nitrogens with zero attached hydrogens (tertiary/aromatic N) is 2. The standard InChI is InChI=1S/C19H20ClFN4O4/c1-28-14-5-2-11(3-6-14)17(26)25-18(27)24-13-4-7-16(15(21)8-13)29-19-22-9-12(20)10-23-19/h4,7-11,14H,2-3,5-6H2,1H3,(H2,24,25,26,27). The van der Waals surface area contributed by atoms with E-state index in [1.165, 1.54) is 24.5 Å². The minimum atomic E-state index is -0.731. The van der Waals surface area contributed by atoms with Gasteiger partial charge in [-0.3, -0.25) is 10.1 Å². The summed E-state index contributed by atoms with van der Waals surface area (Å²) < 4.78 is 24.7. The lowest BCUT2D eigenvalue weighted by Crippen LogP contribution is -2.40. The van der Waals surface area contributed by atoms with E-state index in [2.05, 4.69) is 20.6 Å². The number of amides is 3. The molecule has 1 aromatic heterocycles. The van der Waals surface area contributed by atoms with Crippen molar-refractivity contribution in [3.8, 4) is 11.8 Å². The summed E-state index contributed by atoms with van der Waals surface area (Å²) in [4.78, 5) is 31.9. The molecule has 1 aliphatic rings. The largest absolute Gasteiger partial charge is 0.421 e. The highest BCUT2D eigenvalue weighted by molar-refractivity contribution is 6.30. The van der Waals surface area contributed by atoms with Crippen molar-refractivity contribution in [1.29, 1.82) is 0 Å². The zero-order chi connectivity index (χ0) is 20.8. The van der Waals surface area contributed by atoms with Crippen LogP contribution in [0.3, 0.4) is 0 Å². The molecule has 1 fully saturated rings. The number of rotatable bonds is 5. The number of ether oxygens (including phenoxy) is 2. The lowest BCUT2D eigenvalue weighted by molar-refractivity contribution is -0.125. The van der Waals surface area contributed by atoms with Crippen LogP contribution < -0.4 is 15.4 Å². The smallest absolute Gasteiger partial charge is 0.325 e. The number of methoxy groups -OCH3 is 1. The number of benzene rings is 1. The fraction of sp³-hybridized carbons (Fsp3) is 0.368. The summed E-state index contributed by atoms with van der Waals surface area (Å²) in [6.07, 6.45) is 5.67. The molecule has 10 heteroatoms. The van der Waals surface area contributed by atoms with Gasteiger partial charge in [0.15, 0.2) is 11.6 Å². The molecule has 1 aliphatic carbocycles. The third kappa shape index (κ3) is 5.85. The molecule has 1 saturated carbocycles. The van der Waals surface area contributed by atoms with Crippen molar-refractivity contribution in [2.45, 2.75) is 31.8 Å². The Morgan fingerprint density at radius 2 is 1.86 bits per heavy atom. The van der Waals surface area contributed by atoms with Gasteiger partial charge >= 0.3 is 12.0 Å². The normalized spacial score (nSPS) is 18.7. The molecular formula is C19H20ClFN4O4. The van der Waals surface area contributed by atoms with Gasteiger partial charge in [0.2, 0.25) is 5.91 Å². The number of anilines is 1. The molecule has 29 heavy (non-hydrogen) atoms. The minimum Gasteiger partial charge on any atom is -0.421 e. The Morgan fingerprint density at radius 3 is 2.48 bits per heavy atom. The second kappa shape index (κ2) is 9.62. The highest BCUT2D eigenvalue weighted by atomic mass is 35.5. The Balaban J connectivity index is 1.53. The predicted octanol–water partition coefficient (Wildman–Crippen LogP) is 3.91. The Morgan fingerprint density at radius 1 is 1.17 bits per heavy atom. The average Bonchev–Trinajstić information content (AvgIpc) is 2.71. The van der Waals surface area contributed by atoms with E-state index in [9.17, 15) is 14.0 Å². The predicted molar refractivity (Wildman–Crippen MR) is 103 cm³/mol. The number of urea groups is 1. The van der Waals surface area contributed by atoms with Crippen molar-refractivity contribution < 1.29 is 23.5 Å². The molecule has 154 valence electrons. The molecular weight excluding hydrogens is 403 g/mol. The van der Waals surface area contributed by atoms with Gasteiger partial charge in [0.1, 0.15) is 0 Å². The van der Waals surface area contributed by atoms with Crippen LogP contribution in [0.15, 0.2) is 30.6 Å². The van der Waals surface area contributed by atoms with Crippen LogP contribution in [0.1, 0.15) is 25.7 Å². The Bertz CT molecular complexity index is 873. The zero-order valence-electron chi connectivity index (χ0n) is 15.7. The summed E-state index contributed by atoms with van der Waals surface area (Å²) in [6.45, 7) is 0. The first-order valence-electron chi connectivity index (χ1n) is 9.04. The molecule has 0 unspecified atom stereocenters. The van der Waals surface area contributed by atoms with Gasteiger partial charge < -0.3 is 14.8 Å². The summed E-state index contributed by atoms with van der Waals surface area (Å²) in [6, 6.07) is 3.02. The third-order valence-corrected chi connectivity index (χ3v) is 4.80. The van der Waals surface area contributed by atoms with Gasteiger partial charge in [-0.25, -0.2) is 19.2 Å². The van der Waals surface area contributed by atoms with E-state index in [0.29, 0.717) is 17.9 Å². The van der Waals surface area contributed by atoms with E-state index in [0.717, 1.165) is 18.9 Å². The third-order valence-electron chi connectivity index (χ3n) is 4.60. The maximum Gasteiger partial charge on any atom is 0.325 e. The van der Waals surface area contributed by atoms with Crippen LogP contribution in [0, 0.1) is 11.7 Å². The van der Waals surface area contributed by atoms with Crippen LogP contribution in [0.4, 0.5) is 14.9 Å². The molecule has 3 rings (SSSR count). The van der Waals surface area contributed by atoms with Crippen molar-refractivity contribution >= 4 is 29.2 Å². The van der Waals surface area contributed by atoms with Crippen molar-refractivity contribution in [3.05, 3.63) is 41.4 Å². The molecule has 0 atom stereocenters. The lowest BCUT2D eigenvalue weighted by atomic mass is 9.87. The monoisotopic (exact) mass is 422 g/mol. The summed E-state index contributed by atoms with van der Waals surface area (Å²) in [7, 11) is 1.65. The molecule has 0 radical (unpaired) electrons. The van der Waals surface area contributed by atoms with Crippen LogP contribution in [0.5, 0.6) is 11.8 Å². The lowest BCUT2D eigenvalue weighted by Gasteiger charge is -2.26. The molecule has 3 amide bonds. The number of hydrogen-bond acceptors (Lipinski definition) is 6. The van der Waals surface area contributed by atoms with E-state index in [1.54, 1.807) is 7.11 Å². The molecule has 0 aliphatic heterocycles. The van der Waals surface area contributed by atoms with Crippen molar-refractivity contribution in [2.24, 2.45) is 5.92 Å². The second-order valence-corrected chi connectivity index (χ2v) is 7.02. The molecule has 0 spiro atoms. The molecule has 2 N–H and O–H groups in total. The van der Waals surface area contributed by atoms with E-state index in [4.69, 9.17) is 21.1 Å². The van der Waals surface area contributed by atoms with Gasteiger partial charge in [-0.05, 0) is 37.8 Å². The van der Waals surface area contributed by atoms with E-state index >= 15 is 0 Å². The van der Waals surface area contributed by atoms with Crippen LogP contribution in [-0.4, -0.2) is 35.1 Å². The molecule has 1 aromatic carbocycles. The number of aromatic nitrogens is 2. The quantitative estimate of drug-likeness (QED) is 0.757. The number of imide groups is 1. The molecule has 0 bridgehead atoms. The van der Waals surface area contributed by atoms with Gasteiger partial charge in [0.25, 0.3) is 0 Å². The first-order chi connectivity index (χ1) is 13.9. The number of nitrogens with one attached hydrogen (secondary N) is 2. The van der Waals surface area contributed by atoms with Gasteiger partial charge in [0.05, 0.1) is 23.5 Å². The first-order valence-corrected chi connectivity index (χ1v) is 9.42. The fourth-order valence-corrected chi connectivity index (χ4v) is 3.15. The van der Waals surface area contributed by atoms with Crippen molar-refractivity contribution in [2.75, 3.05) is 12.4 Å². The van der Waals surface area contributed by atoms with Crippen LogP contribution >= 0.6 is 11.6 Å². The van der Waals surface area contributed by atoms with Crippen molar-refractivity contribution in [3.63, 3.8) is 0 Å². The summed E-state index contributed by atoms with van der Waals surface area (Å²) in [5, 5.41) is 5.05. The molecule has 1 heterocycles. The van der Waals surface area contributed by atoms with E-state index in [-0.39, 0.29) is 35.4 Å². The highest BCUT2D eigenvalue weighted by Gasteiger charge is 2.27. The molecule has 8 nitrogen and oxygen atoms in total. The van der Waals surface area contributed by atoms with Gasteiger partial charge in [-0.1, -0.05) is 11.6 Å². The average molecular weight is 423 g/mol. The molecule has 0 saturated heterocycles. The summed E-state index contributed by atoms with van der Waals surface area (Å²) >= 11 is 5.68. The van der Waals surface area contributed by atoms with Crippen molar-refractivity contribution in [1.82, 2.24) is 15.3 Å². The van der Waals surface area contributed by atoms with E-state index < -0.39 is 11.8 Å². The number of carbonyl (C=O) groups is 2. The Hall–Kier alpha value is -2.78. The van der Waals surface area contributed by atoms with Gasteiger partial charge in [-0.2, -0.15) is 0 Å². The summed E-state index contributed by atoms with van der Waals surface area (Å²) in [5.74, 6) is -1.44. The summed E-state index contributed by atoms with van der Waals surface area (Å²) in [5.41, 5.74) is 0.167. The maximum atomic E-state index is 14.2. The topological polar surface area (TPSA) is 102 Å². The van der Waals surface area contributed by atoms with Crippen LogP contribution in [0.25, 0.3) is 0 Å². The number of halogens is 2. The van der Waals surface area contributed by atoms with Gasteiger partial charge in [-0.15, -0.1) is 0 Å². The van der Waals surface area contributed by atoms with Crippen LogP contribution in [0.2, 0.25) is 5.02 Å². The second-order valence-electron chi connectivity index (χ2n) is 6.58. The first kappa shape index (κ1) is 20.9. The van der Waals surface area contributed by atoms with Gasteiger partial charge in [0, 0.05) is 24.8 Å². The number of hydrogen-bond donors (Lipinski definition) is 2. The SMILES string of the molecule is COC1CCC(C(=O)NC(=O)Nc2ccc(Oc3ncc(Cl)cn3)c(F)c2)CC1. The fourth-order valence-electron chi connectivity index (χ4n) is 3.05. The Labute approximate surface area is 171 Å². The number of carbonyl (C=O) groups excluding carboxylic acids is 2. The zero-order valence-corrected chi connectivity index (χ0v) is 16.4. The maximum absolute atomic E-state index is 14.2. The van der Waals surface area contributed by atoms with E-state index in [1.807, 2.05) is 0 Å². The Kier molecular flexibility index (Phi) is 6.95. The molecule has 2 aromatic rings.